The van der Waals surface area contributed by atoms with Crippen LogP contribution in [0, 0.1) is 0 Å². The normalized spacial score (nSPS) is 14.8. The lowest BCUT2D eigenvalue weighted by Gasteiger charge is -2.27. The molecule has 0 aliphatic heterocycles. The molecule has 0 saturated carbocycles. The van der Waals surface area contributed by atoms with Gasteiger partial charge in [-0.05, 0) is 115 Å². The topological polar surface area (TPSA) is 3.24 Å². The van der Waals surface area contributed by atoms with E-state index in [4.69, 9.17) is 11.0 Å². The summed E-state index contributed by atoms with van der Waals surface area (Å²) in [6.45, 7) is 0. The minimum atomic E-state index is -0.799. The molecule has 2 heteroatoms. The molecule has 0 aliphatic carbocycles. The van der Waals surface area contributed by atoms with Gasteiger partial charge in [0.25, 0.3) is 0 Å². The second-order valence-electron chi connectivity index (χ2n) is 14.1. The van der Waals surface area contributed by atoms with Crippen molar-refractivity contribution in [3.63, 3.8) is 0 Å². The number of fused-ring (bicyclic) bond motifs is 4. The minimum Gasteiger partial charge on any atom is -0.310 e. The number of anilines is 3. The summed E-state index contributed by atoms with van der Waals surface area (Å²) in [6.07, 6.45) is 0. The van der Waals surface area contributed by atoms with E-state index in [1.54, 1.807) is 16.2 Å². The predicted molar refractivity (Wildman–Crippen MR) is 259 cm³/mol. The highest BCUT2D eigenvalue weighted by Gasteiger charge is 2.21. The average Bonchev–Trinajstić information content (AvgIpc) is 3.84. The van der Waals surface area contributed by atoms with Crippen molar-refractivity contribution >= 4 is 59.3 Å². The first-order valence-corrected chi connectivity index (χ1v) is 20.1. The predicted octanol–water partition coefficient (Wildman–Crippen LogP) is 17.0. The van der Waals surface area contributed by atoms with Crippen LogP contribution < -0.4 is 4.90 Å². The molecular weight excluding hydrogens is 743 g/mol. The van der Waals surface area contributed by atoms with Crippen LogP contribution in [0.1, 0.15) is 20.6 Å². The number of thiophene rings is 1. The van der Waals surface area contributed by atoms with Crippen molar-refractivity contribution in [1.82, 2.24) is 0 Å². The Morgan fingerprint density at radius 3 is 1.82 bits per heavy atom. The highest BCUT2D eigenvalue weighted by Crippen LogP contribution is 2.48. The van der Waals surface area contributed by atoms with Crippen LogP contribution in [0.5, 0.6) is 0 Å². The molecule has 0 bridgehead atoms. The maximum Gasteiger partial charge on any atom is 0.0645 e. The van der Waals surface area contributed by atoms with E-state index < -0.39 is 124 Å². The van der Waals surface area contributed by atoms with Gasteiger partial charge in [-0.3, -0.25) is 0 Å². The van der Waals surface area contributed by atoms with Crippen LogP contribution in [0.3, 0.4) is 0 Å². The Labute approximate surface area is 375 Å². The summed E-state index contributed by atoms with van der Waals surface area (Å²) in [7, 11) is 0. The zero-order chi connectivity index (χ0) is 52.9. The van der Waals surface area contributed by atoms with Crippen LogP contribution in [0.15, 0.2) is 236 Å². The van der Waals surface area contributed by atoms with E-state index >= 15 is 0 Å². The fourth-order valence-corrected chi connectivity index (χ4v) is 8.94. The minimum absolute atomic E-state index is 0.154. The molecule has 0 saturated heterocycles. The molecule has 0 amide bonds. The molecule has 11 rings (SSSR count). The van der Waals surface area contributed by atoms with Crippen molar-refractivity contribution < 1.29 is 20.6 Å². The van der Waals surface area contributed by atoms with Crippen LogP contribution in [0.25, 0.3) is 86.6 Å². The van der Waals surface area contributed by atoms with Crippen molar-refractivity contribution in [3.05, 3.63) is 236 Å². The number of hydrogen-bond donors (Lipinski definition) is 0. The molecule has 11 aromatic rings. The summed E-state index contributed by atoms with van der Waals surface area (Å²) in [5, 5.41) is 0.714. The molecule has 1 heterocycles. The van der Waals surface area contributed by atoms with Gasteiger partial charge in [-0.1, -0.05) is 188 Å². The molecule has 0 N–H and O–H groups in total. The van der Waals surface area contributed by atoms with Gasteiger partial charge in [0.2, 0.25) is 0 Å². The first-order valence-electron chi connectivity index (χ1n) is 26.8. The number of nitrogens with zero attached hydrogens (tertiary/aromatic N) is 1. The van der Waals surface area contributed by atoms with Crippen molar-refractivity contribution in [2.24, 2.45) is 0 Å². The van der Waals surface area contributed by atoms with Crippen molar-refractivity contribution in [2.75, 3.05) is 4.90 Å². The van der Waals surface area contributed by atoms with E-state index in [0.717, 1.165) is 53.6 Å². The van der Waals surface area contributed by atoms with E-state index in [2.05, 4.69) is 6.07 Å². The second-order valence-corrected chi connectivity index (χ2v) is 15.2. The molecule has 1 nitrogen and oxygen atoms in total. The maximum atomic E-state index is 9.87. The summed E-state index contributed by atoms with van der Waals surface area (Å²) in [4.78, 5) is 1.70. The molecule has 0 aliphatic rings. The fraction of sp³-hybridized carbons (Fsp3) is 0. The van der Waals surface area contributed by atoms with Gasteiger partial charge in [-0.25, -0.2) is 0 Å². The third kappa shape index (κ3) is 6.54. The Balaban J connectivity index is 1.17. The molecule has 10 aromatic carbocycles. The van der Waals surface area contributed by atoms with Gasteiger partial charge in [-0.15, -0.1) is 11.3 Å². The standard InChI is InChI=1S/C58H39NS/c1-4-14-40(15-5-1)45-20-12-21-46(38-45)41-26-31-49(32-27-41)59(55-37-36-53(44-18-8-3-9-19-44)58-57(55)54-23-10-11-25-56(54)60-58)50-33-28-42(29-34-50)47-30-35-52-48(39-47)22-13-24-51(52)43-16-6-2-7-17-43/h1-39H/i2D,6D,7D,13D,16D,17D,22D,24D,28D,29D,30D,33D,34D,35D,39D. The lowest BCUT2D eigenvalue weighted by atomic mass is 9.95. The second kappa shape index (κ2) is 15.3. The summed E-state index contributed by atoms with van der Waals surface area (Å²) >= 11 is 1.59. The Hall–Kier alpha value is -7.52. The Kier molecular flexibility index (Phi) is 5.92. The molecule has 282 valence electrons. The molecule has 0 fully saturated rings. The molecular formula is C58H39NS. The van der Waals surface area contributed by atoms with Crippen LogP contribution in [-0.4, -0.2) is 0 Å². The van der Waals surface area contributed by atoms with Gasteiger partial charge >= 0.3 is 0 Å². The van der Waals surface area contributed by atoms with Crippen LogP contribution in [0.4, 0.5) is 17.1 Å². The molecule has 0 radical (unpaired) electrons. The van der Waals surface area contributed by atoms with Crippen LogP contribution in [0.2, 0.25) is 0 Å². The monoisotopic (exact) mass is 796 g/mol. The summed E-state index contributed by atoms with van der Waals surface area (Å²) in [5.74, 6) is 0. The molecule has 0 unspecified atom stereocenters. The number of benzene rings is 10. The zero-order valence-corrected chi connectivity index (χ0v) is 32.5. The van der Waals surface area contributed by atoms with E-state index in [0.29, 0.717) is 11.4 Å². The summed E-state index contributed by atoms with van der Waals surface area (Å²) in [5.41, 5.74) is 4.54. The summed E-state index contributed by atoms with van der Waals surface area (Å²) < 4.78 is 138. The average molecular weight is 797 g/mol. The number of rotatable bonds is 8. The quantitative estimate of drug-likeness (QED) is 0.148. The van der Waals surface area contributed by atoms with E-state index in [9.17, 15) is 9.60 Å². The molecule has 60 heavy (non-hydrogen) atoms. The third-order valence-corrected chi connectivity index (χ3v) is 11.7. The Morgan fingerprint density at radius 2 is 1.05 bits per heavy atom. The lowest BCUT2D eigenvalue weighted by molar-refractivity contribution is 1.30. The molecule has 0 atom stereocenters. The maximum absolute atomic E-state index is 9.87. The highest BCUT2D eigenvalue weighted by molar-refractivity contribution is 7.26. The van der Waals surface area contributed by atoms with E-state index in [1.807, 2.05) is 140 Å². The zero-order valence-electron chi connectivity index (χ0n) is 46.7. The van der Waals surface area contributed by atoms with E-state index in [-0.39, 0.29) is 5.69 Å². The first kappa shape index (κ1) is 23.2. The third-order valence-electron chi connectivity index (χ3n) is 10.5. The van der Waals surface area contributed by atoms with E-state index in [1.165, 1.54) is 0 Å². The van der Waals surface area contributed by atoms with Gasteiger partial charge in [0, 0.05) is 31.5 Å². The van der Waals surface area contributed by atoms with Crippen LogP contribution in [-0.2, 0) is 0 Å². The van der Waals surface area contributed by atoms with Gasteiger partial charge in [0.05, 0.1) is 26.2 Å². The SMILES string of the molecule is [2H]c1c([2H])c([2H])c(-c2c([2H])c([2H])c([2H])c3c([2H])c(-c4c([2H])c([2H])c(N(c5ccc(-c6cccc(-c7ccccc7)c6)cc5)c5ccc(-c6ccccc6)c6sc7ccccc7c56)c([2H])c4[2H])c([2H])c([2H])c23)c([2H])c1[2H]. The smallest absolute Gasteiger partial charge is 0.0645 e. The van der Waals surface area contributed by atoms with Crippen LogP contribution >= 0.6 is 11.3 Å². The molecule has 0 spiro atoms. The summed E-state index contributed by atoms with van der Waals surface area (Å²) in [6, 6.07) is 36.6. The largest absolute Gasteiger partial charge is 0.310 e. The van der Waals surface area contributed by atoms with Gasteiger partial charge in [0.15, 0.2) is 0 Å². The Morgan fingerprint density at radius 1 is 0.383 bits per heavy atom. The Bertz CT molecular complexity index is 4120. The molecule has 1 aromatic heterocycles. The van der Waals surface area contributed by atoms with Crippen molar-refractivity contribution in [3.8, 4) is 55.6 Å². The highest BCUT2D eigenvalue weighted by atomic mass is 32.1. The van der Waals surface area contributed by atoms with Crippen molar-refractivity contribution in [1.29, 1.82) is 0 Å². The lowest BCUT2D eigenvalue weighted by Crippen LogP contribution is -2.10. The van der Waals surface area contributed by atoms with Gasteiger partial charge in [-0.2, -0.15) is 0 Å². The fourth-order valence-electron chi connectivity index (χ4n) is 7.68. The first-order chi connectivity index (χ1) is 36.0. The van der Waals surface area contributed by atoms with Gasteiger partial charge < -0.3 is 4.90 Å². The number of hydrogen-bond acceptors (Lipinski definition) is 2. The van der Waals surface area contributed by atoms with Crippen molar-refractivity contribution in [2.45, 2.75) is 0 Å². The van der Waals surface area contributed by atoms with Gasteiger partial charge in [0.1, 0.15) is 0 Å².